The molecule has 0 spiro atoms. The van der Waals surface area contributed by atoms with E-state index < -0.39 is 29.1 Å². The number of hydrogen-bond acceptors (Lipinski definition) is 4. The molecule has 7 rings (SSSR count). The van der Waals surface area contributed by atoms with Crippen molar-refractivity contribution in [3.8, 4) is 11.1 Å². The van der Waals surface area contributed by atoms with Crippen molar-refractivity contribution in [3.63, 3.8) is 0 Å². The van der Waals surface area contributed by atoms with E-state index in [1.807, 2.05) is 86.3 Å². The average molecular weight is 1200 g/mol. The van der Waals surface area contributed by atoms with Crippen LogP contribution in [0.1, 0.15) is 65.5 Å². The van der Waals surface area contributed by atoms with E-state index in [0.29, 0.717) is 17.7 Å². The van der Waals surface area contributed by atoms with Crippen molar-refractivity contribution in [2.24, 2.45) is 0 Å². The summed E-state index contributed by atoms with van der Waals surface area (Å²) in [4.78, 5) is 29.2. The molecule has 5 aromatic carbocycles. The lowest BCUT2D eigenvalue weighted by atomic mass is 10.1. The highest BCUT2D eigenvalue weighted by atomic mass is 79.9. The Morgan fingerprint density at radius 1 is 0.540 bits per heavy atom. The zero-order chi connectivity index (χ0) is 46.8. The number of ether oxygens (including phenoxy) is 1. The molecule has 1 aliphatic rings. The molecular weight excluding hydrogens is 1150 g/mol. The number of likely N-dealkylation sites (tertiary alicyclic amines) is 1. The van der Waals surface area contributed by atoms with Gasteiger partial charge in [0, 0.05) is 42.7 Å². The van der Waals surface area contributed by atoms with Gasteiger partial charge in [-0.15, -0.1) is 0 Å². The Balaban J connectivity index is 0.000000213. The van der Waals surface area contributed by atoms with Gasteiger partial charge in [-0.3, -0.25) is 4.79 Å². The van der Waals surface area contributed by atoms with E-state index in [1.54, 1.807) is 18.3 Å². The summed E-state index contributed by atoms with van der Waals surface area (Å²) in [5, 5.41) is 0. The number of carbonyl (C=O) groups is 2. The summed E-state index contributed by atoms with van der Waals surface area (Å²) in [6, 6.07) is 40.3. The molecule has 0 atom stereocenters. The van der Waals surface area contributed by atoms with E-state index >= 15 is 0 Å². The zero-order valence-corrected chi connectivity index (χ0v) is 41.9. The Morgan fingerprint density at radius 2 is 0.968 bits per heavy atom. The van der Waals surface area contributed by atoms with Crippen LogP contribution in [0.3, 0.4) is 0 Å². The molecule has 63 heavy (non-hydrogen) atoms. The van der Waals surface area contributed by atoms with Crippen LogP contribution in [0, 0.1) is 0 Å². The van der Waals surface area contributed by atoms with Crippen LogP contribution in [0.2, 0.25) is 0 Å². The molecule has 1 saturated heterocycles. The maximum Gasteiger partial charge on any atom is 0.416 e. The second-order valence-electron chi connectivity index (χ2n) is 14.3. The van der Waals surface area contributed by atoms with Crippen molar-refractivity contribution in [3.05, 3.63) is 190 Å². The first-order valence-electron chi connectivity index (χ1n) is 18.9. The molecule has 334 valence electrons. The molecule has 0 saturated carbocycles. The highest BCUT2D eigenvalue weighted by Gasteiger charge is 2.36. The smallest absolute Gasteiger partial charge is 0.416 e. The SMILES string of the molecule is Brc1ccc(-c2ccccc2)cc1.Brc1ccccn1.CC(C)(C)OC(=O)c1ccc(Br)cc1.FC(F)(F)c1cc(Br)cc(C(F)(F)F)c1.O=C(c1ccc(Br)cc1)N1CCCC1. The normalized spacial score (nSPS) is 12.1. The van der Waals surface area contributed by atoms with Crippen LogP contribution < -0.4 is 0 Å². The Morgan fingerprint density at radius 3 is 1.37 bits per heavy atom. The summed E-state index contributed by atoms with van der Waals surface area (Å²) < 4.78 is 81.8. The van der Waals surface area contributed by atoms with E-state index in [9.17, 15) is 35.9 Å². The number of hydrogen-bond donors (Lipinski definition) is 0. The van der Waals surface area contributed by atoms with Crippen molar-refractivity contribution in [2.75, 3.05) is 13.1 Å². The largest absolute Gasteiger partial charge is 0.456 e. The summed E-state index contributed by atoms with van der Waals surface area (Å²) in [5.74, 6) is -0.125. The zero-order valence-electron chi connectivity index (χ0n) is 34.0. The molecule has 0 radical (unpaired) electrons. The lowest BCUT2D eigenvalue weighted by molar-refractivity contribution is -0.143. The van der Waals surface area contributed by atoms with Crippen molar-refractivity contribution in [2.45, 2.75) is 51.6 Å². The molecule has 1 fully saturated rings. The molecule has 1 amide bonds. The van der Waals surface area contributed by atoms with Gasteiger partial charge in [0.2, 0.25) is 0 Å². The highest BCUT2D eigenvalue weighted by molar-refractivity contribution is 9.11. The fourth-order valence-electron chi connectivity index (χ4n) is 5.15. The van der Waals surface area contributed by atoms with Gasteiger partial charge in [-0.2, -0.15) is 26.3 Å². The van der Waals surface area contributed by atoms with E-state index in [2.05, 4.69) is 133 Å². The number of aromatic nitrogens is 1. The van der Waals surface area contributed by atoms with E-state index in [4.69, 9.17) is 4.74 Å². The lowest BCUT2D eigenvalue weighted by Gasteiger charge is -2.19. The minimum Gasteiger partial charge on any atom is -0.456 e. The molecular formula is C47H41Br5F6N2O3. The van der Waals surface area contributed by atoms with Gasteiger partial charge in [-0.1, -0.05) is 112 Å². The minimum atomic E-state index is -4.79. The van der Waals surface area contributed by atoms with Crippen LogP contribution in [0.5, 0.6) is 0 Å². The molecule has 0 aliphatic carbocycles. The van der Waals surface area contributed by atoms with E-state index in [1.165, 1.54) is 11.1 Å². The molecule has 6 aromatic rings. The predicted molar refractivity (Wildman–Crippen MR) is 254 cm³/mol. The van der Waals surface area contributed by atoms with Crippen LogP contribution in [-0.2, 0) is 17.1 Å². The highest BCUT2D eigenvalue weighted by Crippen LogP contribution is 2.37. The van der Waals surface area contributed by atoms with Crippen molar-refractivity contribution in [1.82, 2.24) is 9.88 Å². The minimum absolute atomic E-state index is 0.0742. The van der Waals surface area contributed by atoms with Crippen LogP contribution in [0.25, 0.3) is 11.1 Å². The van der Waals surface area contributed by atoms with Gasteiger partial charge in [0.15, 0.2) is 0 Å². The van der Waals surface area contributed by atoms with Crippen LogP contribution in [-0.4, -0.2) is 40.5 Å². The third kappa shape index (κ3) is 20.7. The maximum absolute atomic E-state index is 12.1. The van der Waals surface area contributed by atoms with Crippen molar-refractivity contribution in [1.29, 1.82) is 0 Å². The van der Waals surface area contributed by atoms with Gasteiger partial charge >= 0.3 is 18.3 Å². The first-order valence-corrected chi connectivity index (χ1v) is 22.8. The summed E-state index contributed by atoms with van der Waals surface area (Å²) in [6.45, 7) is 7.38. The molecule has 5 nitrogen and oxygen atoms in total. The van der Waals surface area contributed by atoms with Crippen LogP contribution in [0.15, 0.2) is 168 Å². The number of esters is 1. The number of halogens is 11. The fraction of sp³-hybridized carbons (Fsp3) is 0.213. The fourth-order valence-corrected chi connectivity index (χ4v) is 6.71. The number of amides is 1. The molecule has 1 aliphatic heterocycles. The van der Waals surface area contributed by atoms with Gasteiger partial charge in [0.1, 0.15) is 10.2 Å². The number of nitrogens with zero attached hydrogens (tertiary/aromatic N) is 2. The quantitative estimate of drug-likeness (QED) is 0.101. The van der Waals surface area contributed by atoms with E-state index in [-0.39, 0.29) is 22.4 Å². The Kier molecular flexibility index (Phi) is 21.7. The molecule has 2 heterocycles. The number of pyridine rings is 1. The topological polar surface area (TPSA) is 59.5 Å². The number of carbonyl (C=O) groups excluding carboxylic acids is 2. The molecule has 0 bridgehead atoms. The Labute approximate surface area is 405 Å². The van der Waals surface area contributed by atoms with Crippen molar-refractivity contribution < 1.29 is 40.7 Å². The average Bonchev–Trinajstić information content (AvgIpc) is 3.77. The second-order valence-corrected chi connectivity index (χ2v) is 18.7. The first-order chi connectivity index (χ1) is 29.5. The molecule has 0 N–H and O–H groups in total. The molecule has 1 aromatic heterocycles. The van der Waals surface area contributed by atoms with Gasteiger partial charge in [-0.25, -0.2) is 9.78 Å². The Bertz CT molecular complexity index is 2270. The van der Waals surface area contributed by atoms with Crippen LogP contribution >= 0.6 is 79.6 Å². The number of benzene rings is 5. The summed E-state index contributed by atoms with van der Waals surface area (Å²) in [7, 11) is 0. The standard InChI is InChI=1S/C12H9Br.C11H12BrNO.C11H13BrO2.C8H3BrF6.C5H4BrN/c13-12-8-6-11(7-9-12)10-4-2-1-3-5-10;12-10-5-3-9(4-6-10)11(14)13-7-1-2-8-13;1-11(2,3)14-10(13)8-4-6-9(12)7-5-8;9-6-2-4(7(10,11)12)1-5(3-6)8(13,14)15;6-5-3-1-2-4-7-5/h1-9H;3-6H,1-2,7-8H2;4-7H,1-3H3;1-3H;1-4H. The summed E-state index contributed by atoms with van der Waals surface area (Å²) in [5.41, 5.74) is 0.773. The monoisotopic (exact) mass is 1190 g/mol. The molecule has 16 heteroatoms. The van der Waals surface area contributed by atoms with Crippen LogP contribution in [0.4, 0.5) is 26.3 Å². The molecule has 0 unspecified atom stereocenters. The number of rotatable bonds is 3. The number of alkyl halides is 6. The first kappa shape index (κ1) is 53.5. The van der Waals surface area contributed by atoms with Gasteiger partial charge < -0.3 is 9.64 Å². The van der Waals surface area contributed by atoms with E-state index in [0.717, 1.165) is 49.5 Å². The van der Waals surface area contributed by atoms with Gasteiger partial charge in [0.05, 0.1) is 16.7 Å². The Hall–Kier alpha value is -3.83. The lowest BCUT2D eigenvalue weighted by Crippen LogP contribution is -2.27. The third-order valence-corrected chi connectivity index (χ3v) is 10.6. The summed E-state index contributed by atoms with van der Waals surface area (Å²) >= 11 is 15.9. The van der Waals surface area contributed by atoms with Gasteiger partial charge in [-0.05, 0) is 152 Å². The van der Waals surface area contributed by atoms with Crippen molar-refractivity contribution >= 4 is 91.5 Å². The summed E-state index contributed by atoms with van der Waals surface area (Å²) in [6.07, 6.45) is -5.55. The predicted octanol–water partition coefficient (Wildman–Crippen LogP) is 16.5. The maximum atomic E-state index is 12.1. The third-order valence-electron chi connectivity index (χ3n) is 8.10. The van der Waals surface area contributed by atoms with Gasteiger partial charge in [0.25, 0.3) is 5.91 Å². The second kappa shape index (κ2) is 25.6.